The van der Waals surface area contributed by atoms with Crippen LogP contribution in [0.3, 0.4) is 0 Å². The van der Waals surface area contributed by atoms with Crippen LogP contribution in [0.2, 0.25) is 0 Å². The number of hydrogen-bond acceptors (Lipinski definition) is 2. The molecule has 3 rings (SSSR count). The number of halogens is 2. The van der Waals surface area contributed by atoms with Crippen molar-refractivity contribution in [3.05, 3.63) is 69.9 Å². The molecule has 1 fully saturated rings. The largest absolute Gasteiger partial charge is 0.326 e. The monoisotopic (exact) mass is 348 g/mol. The number of nitrogens with two attached hydrogens (primary N) is 1. The van der Waals surface area contributed by atoms with Crippen LogP contribution >= 0.6 is 15.9 Å². The maximum atomic E-state index is 13.1. The van der Waals surface area contributed by atoms with E-state index in [1.165, 1.54) is 17.7 Å². The minimum absolute atomic E-state index is 0.145. The van der Waals surface area contributed by atoms with Crippen LogP contribution in [0.15, 0.2) is 53.0 Å². The van der Waals surface area contributed by atoms with E-state index in [0.717, 1.165) is 29.7 Å². The summed E-state index contributed by atoms with van der Waals surface area (Å²) in [7, 11) is 0. The number of benzene rings is 2. The minimum atomic E-state index is -0.217. The molecule has 1 aliphatic rings. The molecule has 2 N–H and O–H groups in total. The Morgan fingerprint density at radius 2 is 1.90 bits per heavy atom. The molecule has 0 amide bonds. The van der Waals surface area contributed by atoms with Crippen molar-refractivity contribution in [3.8, 4) is 0 Å². The first-order chi connectivity index (χ1) is 10.1. The SMILES string of the molecule is N[C@@H]1CN(Cc2ccc(F)cc2Br)C[C@H]1c1ccccc1. The van der Waals surface area contributed by atoms with Crippen molar-refractivity contribution in [2.75, 3.05) is 13.1 Å². The Labute approximate surface area is 132 Å². The fraction of sp³-hybridized carbons (Fsp3) is 0.294. The summed E-state index contributed by atoms with van der Waals surface area (Å²) in [4.78, 5) is 2.33. The van der Waals surface area contributed by atoms with Crippen LogP contribution in [-0.4, -0.2) is 24.0 Å². The molecule has 1 saturated heterocycles. The first-order valence-corrected chi connectivity index (χ1v) is 7.89. The van der Waals surface area contributed by atoms with Crippen LogP contribution in [0.1, 0.15) is 17.0 Å². The van der Waals surface area contributed by atoms with Crippen molar-refractivity contribution in [3.63, 3.8) is 0 Å². The van der Waals surface area contributed by atoms with Gasteiger partial charge in [0, 0.05) is 36.1 Å². The number of nitrogens with zero attached hydrogens (tertiary/aromatic N) is 1. The smallest absolute Gasteiger partial charge is 0.124 e. The summed E-state index contributed by atoms with van der Waals surface area (Å²) >= 11 is 3.43. The molecule has 0 bridgehead atoms. The third kappa shape index (κ3) is 3.34. The van der Waals surface area contributed by atoms with Gasteiger partial charge in [0.2, 0.25) is 0 Å². The van der Waals surface area contributed by atoms with Gasteiger partial charge in [0.05, 0.1) is 0 Å². The molecule has 2 aromatic rings. The maximum Gasteiger partial charge on any atom is 0.124 e. The van der Waals surface area contributed by atoms with Gasteiger partial charge in [0.25, 0.3) is 0 Å². The Balaban J connectivity index is 1.71. The van der Waals surface area contributed by atoms with E-state index in [2.05, 4.69) is 45.1 Å². The van der Waals surface area contributed by atoms with Crippen LogP contribution in [0.25, 0.3) is 0 Å². The number of rotatable bonds is 3. The predicted octanol–water partition coefficient (Wildman–Crippen LogP) is 3.51. The molecule has 0 unspecified atom stereocenters. The zero-order chi connectivity index (χ0) is 14.8. The second-order valence-electron chi connectivity index (χ2n) is 5.61. The standard InChI is InChI=1S/C17H18BrFN2/c18-16-8-14(19)7-6-13(16)9-21-10-15(17(20)11-21)12-4-2-1-3-5-12/h1-8,15,17H,9-11,20H2/t15-,17+/m0/s1. The van der Waals surface area contributed by atoms with Gasteiger partial charge in [-0.2, -0.15) is 0 Å². The molecule has 0 radical (unpaired) electrons. The molecular weight excluding hydrogens is 331 g/mol. The number of hydrogen-bond donors (Lipinski definition) is 1. The van der Waals surface area contributed by atoms with Crippen LogP contribution in [0.4, 0.5) is 4.39 Å². The second kappa shape index (κ2) is 6.26. The molecule has 1 aliphatic heterocycles. The highest BCUT2D eigenvalue weighted by atomic mass is 79.9. The zero-order valence-electron chi connectivity index (χ0n) is 11.7. The summed E-state index contributed by atoms with van der Waals surface area (Å²) in [5.74, 6) is 0.149. The normalized spacial score (nSPS) is 22.6. The molecule has 21 heavy (non-hydrogen) atoms. The van der Waals surface area contributed by atoms with E-state index in [4.69, 9.17) is 5.73 Å². The minimum Gasteiger partial charge on any atom is -0.326 e. The summed E-state index contributed by atoms with van der Waals surface area (Å²) in [5.41, 5.74) is 8.70. The quantitative estimate of drug-likeness (QED) is 0.919. The van der Waals surface area contributed by atoms with Gasteiger partial charge in [-0.1, -0.05) is 52.3 Å². The Kier molecular flexibility index (Phi) is 4.38. The Hall–Kier alpha value is -1.23. The first-order valence-electron chi connectivity index (χ1n) is 7.10. The van der Waals surface area contributed by atoms with Gasteiger partial charge in [-0.15, -0.1) is 0 Å². The van der Waals surface area contributed by atoms with E-state index in [-0.39, 0.29) is 11.9 Å². The highest BCUT2D eigenvalue weighted by Crippen LogP contribution is 2.28. The fourth-order valence-corrected chi connectivity index (χ4v) is 3.46. The van der Waals surface area contributed by atoms with Gasteiger partial charge in [-0.3, -0.25) is 4.90 Å². The summed E-state index contributed by atoms with van der Waals surface area (Å²) in [6, 6.07) is 15.4. The van der Waals surface area contributed by atoms with Gasteiger partial charge in [-0.25, -0.2) is 4.39 Å². The van der Waals surface area contributed by atoms with Crippen molar-refractivity contribution in [2.45, 2.75) is 18.5 Å². The lowest BCUT2D eigenvalue weighted by atomic mass is 9.95. The summed E-state index contributed by atoms with van der Waals surface area (Å²) in [6.07, 6.45) is 0. The molecule has 0 aliphatic carbocycles. The highest BCUT2D eigenvalue weighted by molar-refractivity contribution is 9.10. The molecular formula is C17H18BrFN2. The van der Waals surface area contributed by atoms with E-state index in [9.17, 15) is 4.39 Å². The van der Waals surface area contributed by atoms with Gasteiger partial charge < -0.3 is 5.73 Å². The van der Waals surface area contributed by atoms with Crippen LogP contribution < -0.4 is 5.73 Å². The molecule has 2 nitrogen and oxygen atoms in total. The van der Waals surface area contributed by atoms with Gasteiger partial charge >= 0.3 is 0 Å². The Morgan fingerprint density at radius 3 is 2.62 bits per heavy atom. The van der Waals surface area contributed by atoms with Crippen LogP contribution in [0.5, 0.6) is 0 Å². The lowest BCUT2D eigenvalue weighted by Crippen LogP contribution is -2.28. The molecule has 0 aromatic heterocycles. The van der Waals surface area contributed by atoms with Gasteiger partial charge in [-0.05, 0) is 23.3 Å². The molecule has 0 spiro atoms. The number of likely N-dealkylation sites (tertiary alicyclic amines) is 1. The van der Waals surface area contributed by atoms with Gasteiger partial charge in [0.15, 0.2) is 0 Å². The van der Waals surface area contributed by atoms with Crippen LogP contribution in [-0.2, 0) is 6.54 Å². The third-order valence-electron chi connectivity index (χ3n) is 4.08. The topological polar surface area (TPSA) is 29.3 Å². The summed E-state index contributed by atoms with van der Waals surface area (Å²) < 4.78 is 14.0. The maximum absolute atomic E-state index is 13.1. The van der Waals surface area contributed by atoms with Gasteiger partial charge in [0.1, 0.15) is 5.82 Å². The highest BCUT2D eigenvalue weighted by Gasteiger charge is 2.31. The molecule has 110 valence electrons. The lowest BCUT2D eigenvalue weighted by molar-refractivity contribution is 0.323. The van der Waals surface area contributed by atoms with Crippen molar-refractivity contribution in [2.24, 2.45) is 5.73 Å². The zero-order valence-corrected chi connectivity index (χ0v) is 13.3. The van der Waals surface area contributed by atoms with E-state index in [1.807, 2.05) is 12.1 Å². The second-order valence-corrected chi connectivity index (χ2v) is 6.47. The predicted molar refractivity (Wildman–Crippen MR) is 86.5 cm³/mol. The average Bonchev–Trinajstić information content (AvgIpc) is 2.84. The molecule has 4 heteroatoms. The molecule has 0 saturated carbocycles. The van der Waals surface area contributed by atoms with E-state index >= 15 is 0 Å². The Bertz CT molecular complexity index is 617. The lowest BCUT2D eigenvalue weighted by Gasteiger charge is -2.17. The fourth-order valence-electron chi connectivity index (χ4n) is 2.99. The Morgan fingerprint density at radius 1 is 1.14 bits per heavy atom. The van der Waals surface area contributed by atoms with Crippen LogP contribution in [0, 0.1) is 5.82 Å². The van der Waals surface area contributed by atoms with E-state index < -0.39 is 0 Å². The van der Waals surface area contributed by atoms with Crippen molar-refractivity contribution in [1.82, 2.24) is 4.90 Å². The van der Waals surface area contributed by atoms with E-state index in [1.54, 1.807) is 0 Å². The summed E-state index contributed by atoms with van der Waals surface area (Å²) in [5, 5.41) is 0. The van der Waals surface area contributed by atoms with Crippen molar-refractivity contribution < 1.29 is 4.39 Å². The van der Waals surface area contributed by atoms with E-state index in [0.29, 0.717) is 5.92 Å². The molecule has 1 heterocycles. The first kappa shape index (κ1) is 14.7. The molecule has 2 atom stereocenters. The molecule has 2 aromatic carbocycles. The third-order valence-corrected chi connectivity index (χ3v) is 4.82. The average molecular weight is 349 g/mol. The van der Waals surface area contributed by atoms with Crippen molar-refractivity contribution in [1.29, 1.82) is 0 Å². The van der Waals surface area contributed by atoms with Crippen molar-refractivity contribution >= 4 is 15.9 Å². The summed E-state index contributed by atoms with van der Waals surface area (Å²) in [6.45, 7) is 2.59.